The summed E-state index contributed by atoms with van der Waals surface area (Å²) in [4.78, 5) is 15.1. The predicted molar refractivity (Wildman–Crippen MR) is 85.1 cm³/mol. The highest BCUT2D eigenvalue weighted by Crippen LogP contribution is 2.30. The van der Waals surface area contributed by atoms with Gasteiger partial charge in [-0.1, -0.05) is 38.5 Å². The minimum absolute atomic E-state index is 0.172. The van der Waals surface area contributed by atoms with Crippen molar-refractivity contribution in [2.45, 2.75) is 88.8 Å². The summed E-state index contributed by atoms with van der Waals surface area (Å²) in [5.74, 6) is 0.172. The zero-order chi connectivity index (χ0) is 15.1. The van der Waals surface area contributed by atoms with Crippen LogP contribution in [0.5, 0.6) is 0 Å². The van der Waals surface area contributed by atoms with E-state index in [0.717, 1.165) is 0 Å². The fourth-order valence-electron chi connectivity index (χ4n) is 3.94. The zero-order valence-corrected chi connectivity index (χ0v) is 13.6. The summed E-state index contributed by atoms with van der Waals surface area (Å²) in [6, 6.07) is 0.472. The van der Waals surface area contributed by atoms with Crippen LogP contribution < -0.4 is 5.73 Å². The number of nitrogens with two attached hydrogens (primary N) is 1. The molecule has 0 aromatic rings. The monoisotopic (exact) mass is 296 g/mol. The molecule has 0 aromatic heterocycles. The number of nitrogens with zero attached hydrogens (tertiary/aromatic N) is 1. The molecule has 0 aromatic carbocycles. The summed E-state index contributed by atoms with van der Waals surface area (Å²) in [7, 11) is 1.66. The van der Waals surface area contributed by atoms with Crippen LogP contribution in [-0.2, 0) is 9.53 Å². The van der Waals surface area contributed by atoms with Crippen molar-refractivity contribution in [3.8, 4) is 0 Å². The molecule has 2 aliphatic rings. The smallest absolute Gasteiger partial charge is 0.240 e. The van der Waals surface area contributed by atoms with E-state index in [0.29, 0.717) is 25.1 Å². The summed E-state index contributed by atoms with van der Waals surface area (Å²) in [6.07, 6.45) is 13.0. The first-order valence-electron chi connectivity index (χ1n) is 8.80. The predicted octanol–water partition coefficient (Wildman–Crippen LogP) is 2.84. The third-order valence-corrected chi connectivity index (χ3v) is 5.14. The standard InChI is InChI=1S/C17H32N2O2/c1-21-13-12-16(18)17(20)19(14-8-4-2-5-9-14)15-10-6-3-7-11-15/h14-16H,2-13,18H2,1H3. The minimum atomic E-state index is -0.395. The van der Waals surface area contributed by atoms with E-state index in [4.69, 9.17) is 10.5 Å². The largest absolute Gasteiger partial charge is 0.385 e. The molecule has 0 radical (unpaired) electrons. The molecule has 2 rings (SSSR count). The van der Waals surface area contributed by atoms with Gasteiger partial charge in [0.2, 0.25) is 5.91 Å². The van der Waals surface area contributed by atoms with E-state index < -0.39 is 6.04 Å². The molecular formula is C17H32N2O2. The van der Waals surface area contributed by atoms with Crippen molar-refractivity contribution >= 4 is 5.91 Å². The Morgan fingerprint density at radius 1 is 1.05 bits per heavy atom. The van der Waals surface area contributed by atoms with Gasteiger partial charge in [0.25, 0.3) is 0 Å². The Bertz CT molecular complexity index is 292. The molecule has 4 heteroatoms. The quantitative estimate of drug-likeness (QED) is 0.820. The van der Waals surface area contributed by atoms with Crippen molar-refractivity contribution in [1.29, 1.82) is 0 Å². The molecule has 1 atom stereocenters. The number of carbonyl (C=O) groups excluding carboxylic acids is 1. The lowest BCUT2D eigenvalue weighted by atomic mass is 9.88. The van der Waals surface area contributed by atoms with Crippen LogP contribution in [0.2, 0.25) is 0 Å². The van der Waals surface area contributed by atoms with Crippen LogP contribution in [0.1, 0.15) is 70.6 Å². The average molecular weight is 296 g/mol. The lowest BCUT2D eigenvalue weighted by Crippen LogP contribution is -2.54. The fraction of sp³-hybridized carbons (Fsp3) is 0.941. The van der Waals surface area contributed by atoms with Gasteiger partial charge in [0.1, 0.15) is 0 Å². The van der Waals surface area contributed by atoms with Crippen LogP contribution in [0.3, 0.4) is 0 Å². The van der Waals surface area contributed by atoms with Gasteiger partial charge >= 0.3 is 0 Å². The Kier molecular flexibility index (Phi) is 6.97. The molecule has 0 aliphatic heterocycles. The van der Waals surface area contributed by atoms with Crippen LogP contribution in [0, 0.1) is 0 Å². The topological polar surface area (TPSA) is 55.6 Å². The number of ether oxygens (including phenoxy) is 1. The van der Waals surface area contributed by atoms with Gasteiger partial charge in [0.15, 0.2) is 0 Å². The molecule has 0 saturated heterocycles. The summed E-state index contributed by atoms with van der Waals surface area (Å²) >= 11 is 0. The average Bonchev–Trinajstić information content (AvgIpc) is 2.54. The van der Waals surface area contributed by atoms with Crippen LogP contribution >= 0.6 is 0 Å². The SMILES string of the molecule is COCCC(N)C(=O)N(C1CCCCC1)C1CCCCC1. The van der Waals surface area contributed by atoms with Crippen molar-refractivity contribution in [3.05, 3.63) is 0 Å². The fourth-order valence-corrected chi connectivity index (χ4v) is 3.94. The molecule has 1 unspecified atom stereocenters. The first kappa shape index (κ1) is 16.8. The molecule has 2 aliphatic carbocycles. The Labute approximate surface area is 129 Å². The van der Waals surface area contributed by atoms with E-state index in [1.54, 1.807) is 7.11 Å². The van der Waals surface area contributed by atoms with Gasteiger partial charge in [-0.25, -0.2) is 0 Å². The van der Waals surface area contributed by atoms with Gasteiger partial charge in [-0.15, -0.1) is 0 Å². The molecule has 0 heterocycles. The number of rotatable bonds is 6. The summed E-state index contributed by atoms with van der Waals surface area (Å²) < 4.78 is 5.08. The molecule has 1 amide bonds. The first-order valence-corrected chi connectivity index (χ1v) is 8.80. The maximum Gasteiger partial charge on any atom is 0.240 e. The van der Waals surface area contributed by atoms with E-state index in [-0.39, 0.29) is 5.91 Å². The van der Waals surface area contributed by atoms with E-state index in [9.17, 15) is 4.79 Å². The summed E-state index contributed by atoms with van der Waals surface area (Å²) in [6.45, 7) is 0.566. The molecular weight excluding hydrogens is 264 g/mol. The first-order chi connectivity index (χ1) is 10.2. The highest BCUT2D eigenvalue weighted by atomic mass is 16.5. The Hall–Kier alpha value is -0.610. The van der Waals surface area contributed by atoms with Crippen LogP contribution in [-0.4, -0.2) is 42.6 Å². The number of amides is 1. The normalized spacial score (nSPS) is 23.0. The van der Waals surface area contributed by atoms with Gasteiger partial charge in [-0.05, 0) is 32.1 Å². The number of methoxy groups -OCH3 is 1. The molecule has 2 N–H and O–H groups in total. The van der Waals surface area contributed by atoms with Crippen molar-refractivity contribution in [1.82, 2.24) is 4.90 Å². The van der Waals surface area contributed by atoms with Gasteiger partial charge in [0, 0.05) is 25.8 Å². The highest BCUT2D eigenvalue weighted by Gasteiger charge is 2.34. The number of hydrogen-bond donors (Lipinski definition) is 1. The molecule has 0 bridgehead atoms. The third-order valence-electron chi connectivity index (χ3n) is 5.14. The summed E-state index contributed by atoms with van der Waals surface area (Å²) in [5, 5.41) is 0. The third kappa shape index (κ3) is 4.68. The molecule has 21 heavy (non-hydrogen) atoms. The van der Waals surface area contributed by atoms with E-state index >= 15 is 0 Å². The Balaban J connectivity index is 2.03. The number of carbonyl (C=O) groups is 1. The van der Waals surface area contributed by atoms with Gasteiger partial charge < -0.3 is 15.4 Å². The lowest BCUT2D eigenvalue weighted by molar-refractivity contribution is -0.139. The van der Waals surface area contributed by atoms with E-state index in [1.807, 2.05) is 0 Å². The van der Waals surface area contributed by atoms with Gasteiger partial charge in [-0.2, -0.15) is 0 Å². The van der Waals surface area contributed by atoms with Gasteiger partial charge in [0.05, 0.1) is 6.04 Å². The van der Waals surface area contributed by atoms with Crippen LogP contribution in [0.15, 0.2) is 0 Å². The molecule has 2 saturated carbocycles. The molecule has 0 spiro atoms. The minimum Gasteiger partial charge on any atom is -0.385 e. The van der Waals surface area contributed by atoms with E-state index in [2.05, 4.69) is 4.90 Å². The zero-order valence-electron chi connectivity index (χ0n) is 13.6. The maximum absolute atomic E-state index is 12.9. The number of hydrogen-bond acceptors (Lipinski definition) is 3. The van der Waals surface area contributed by atoms with Crippen molar-refractivity contribution < 1.29 is 9.53 Å². The Morgan fingerprint density at radius 3 is 1.95 bits per heavy atom. The molecule has 2 fully saturated rings. The summed E-state index contributed by atoms with van der Waals surface area (Å²) in [5.41, 5.74) is 6.15. The molecule has 122 valence electrons. The van der Waals surface area contributed by atoms with Crippen molar-refractivity contribution in [2.24, 2.45) is 5.73 Å². The highest BCUT2D eigenvalue weighted by molar-refractivity contribution is 5.82. The lowest BCUT2D eigenvalue weighted by Gasteiger charge is -2.43. The van der Waals surface area contributed by atoms with Crippen LogP contribution in [0.25, 0.3) is 0 Å². The second-order valence-electron chi connectivity index (χ2n) is 6.72. The van der Waals surface area contributed by atoms with Crippen molar-refractivity contribution in [2.75, 3.05) is 13.7 Å². The maximum atomic E-state index is 12.9. The van der Waals surface area contributed by atoms with E-state index in [1.165, 1.54) is 64.2 Å². The molecule has 4 nitrogen and oxygen atoms in total. The van der Waals surface area contributed by atoms with Crippen molar-refractivity contribution in [3.63, 3.8) is 0 Å². The Morgan fingerprint density at radius 2 is 1.52 bits per heavy atom. The van der Waals surface area contributed by atoms with Crippen LogP contribution in [0.4, 0.5) is 0 Å². The van der Waals surface area contributed by atoms with Gasteiger partial charge in [-0.3, -0.25) is 4.79 Å². The second kappa shape index (κ2) is 8.74. The second-order valence-corrected chi connectivity index (χ2v) is 6.72.